The highest BCUT2D eigenvalue weighted by atomic mass is 15.1. The van der Waals surface area contributed by atoms with Crippen molar-refractivity contribution in [2.24, 2.45) is 28.9 Å². The molecule has 0 aromatic rings. The van der Waals surface area contributed by atoms with Crippen LogP contribution >= 0.6 is 0 Å². The van der Waals surface area contributed by atoms with E-state index in [9.17, 15) is 0 Å². The molecular weight excluding hydrogens is 232 g/mol. The molecule has 1 saturated heterocycles. The zero-order chi connectivity index (χ0) is 14.0. The Labute approximate surface area is 120 Å². The fourth-order valence-electron chi connectivity index (χ4n) is 4.09. The Morgan fingerprint density at radius 1 is 1.16 bits per heavy atom. The van der Waals surface area contributed by atoms with Gasteiger partial charge in [-0.3, -0.25) is 0 Å². The largest absolute Gasteiger partial charge is 0.327 e. The van der Waals surface area contributed by atoms with Gasteiger partial charge in [0.25, 0.3) is 0 Å². The summed E-state index contributed by atoms with van der Waals surface area (Å²) in [6, 6.07) is 0.441. The minimum Gasteiger partial charge on any atom is -0.327 e. The Morgan fingerprint density at radius 2 is 1.79 bits per heavy atom. The molecule has 0 radical (unpaired) electrons. The minimum absolute atomic E-state index is 0.441. The monoisotopic (exact) mass is 266 g/mol. The molecule has 0 aromatic heterocycles. The number of piperidine rings is 1. The van der Waals surface area contributed by atoms with E-state index < -0.39 is 0 Å². The first kappa shape index (κ1) is 15.3. The second-order valence-electron chi connectivity index (χ2n) is 8.21. The second kappa shape index (κ2) is 6.13. The van der Waals surface area contributed by atoms with Crippen LogP contribution < -0.4 is 5.73 Å². The van der Waals surface area contributed by atoms with Gasteiger partial charge in [0.2, 0.25) is 0 Å². The van der Waals surface area contributed by atoms with Gasteiger partial charge in [0.15, 0.2) is 0 Å². The molecule has 2 rings (SSSR count). The highest BCUT2D eigenvalue weighted by Gasteiger charge is 2.34. The van der Waals surface area contributed by atoms with E-state index in [4.69, 9.17) is 5.73 Å². The number of hydrogen-bond donors (Lipinski definition) is 1. The van der Waals surface area contributed by atoms with Gasteiger partial charge in [-0.05, 0) is 68.4 Å². The summed E-state index contributed by atoms with van der Waals surface area (Å²) in [5.41, 5.74) is 6.88. The van der Waals surface area contributed by atoms with Crippen molar-refractivity contribution in [1.82, 2.24) is 4.90 Å². The van der Waals surface area contributed by atoms with Crippen molar-refractivity contribution in [2.45, 2.75) is 65.8 Å². The summed E-state index contributed by atoms with van der Waals surface area (Å²) >= 11 is 0. The zero-order valence-electron chi connectivity index (χ0n) is 13.5. The van der Waals surface area contributed by atoms with E-state index in [0.29, 0.717) is 11.5 Å². The maximum atomic E-state index is 6.37. The number of hydrogen-bond acceptors (Lipinski definition) is 2. The van der Waals surface area contributed by atoms with Crippen molar-refractivity contribution in [1.29, 1.82) is 0 Å². The van der Waals surface area contributed by atoms with Gasteiger partial charge in [0.1, 0.15) is 0 Å². The lowest BCUT2D eigenvalue weighted by Crippen LogP contribution is -2.47. The minimum atomic E-state index is 0.441. The van der Waals surface area contributed by atoms with Gasteiger partial charge in [-0.2, -0.15) is 0 Å². The van der Waals surface area contributed by atoms with Crippen LogP contribution in [0.4, 0.5) is 0 Å². The summed E-state index contributed by atoms with van der Waals surface area (Å²) in [6.07, 6.45) is 6.63. The average molecular weight is 266 g/mol. The number of nitrogens with two attached hydrogens (primary N) is 1. The summed E-state index contributed by atoms with van der Waals surface area (Å²) in [5.74, 6) is 2.53. The van der Waals surface area contributed by atoms with E-state index in [1.807, 2.05) is 0 Å². The topological polar surface area (TPSA) is 29.3 Å². The highest BCUT2D eigenvalue weighted by Crippen LogP contribution is 2.38. The summed E-state index contributed by atoms with van der Waals surface area (Å²) in [7, 11) is 0. The van der Waals surface area contributed by atoms with Gasteiger partial charge in [-0.25, -0.2) is 0 Å². The molecule has 0 bridgehead atoms. The lowest BCUT2D eigenvalue weighted by Gasteiger charge is -2.43. The summed E-state index contributed by atoms with van der Waals surface area (Å²) in [4.78, 5) is 2.69. The van der Waals surface area contributed by atoms with Crippen LogP contribution in [-0.2, 0) is 0 Å². The Morgan fingerprint density at radius 3 is 2.37 bits per heavy atom. The Kier molecular flexibility index (Phi) is 4.94. The van der Waals surface area contributed by atoms with E-state index in [1.54, 1.807) is 0 Å². The Bertz CT molecular complexity index is 277. The molecule has 1 aliphatic carbocycles. The Hall–Kier alpha value is -0.0800. The van der Waals surface area contributed by atoms with E-state index in [-0.39, 0.29) is 0 Å². The molecule has 2 fully saturated rings. The molecule has 1 heterocycles. The van der Waals surface area contributed by atoms with Crippen molar-refractivity contribution in [3.8, 4) is 0 Å². The van der Waals surface area contributed by atoms with Crippen molar-refractivity contribution < 1.29 is 0 Å². The van der Waals surface area contributed by atoms with Crippen molar-refractivity contribution in [2.75, 3.05) is 19.6 Å². The number of likely N-dealkylation sites (tertiary alicyclic amines) is 1. The van der Waals surface area contributed by atoms with Crippen LogP contribution in [0.2, 0.25) is 0 Å². The second-order valence-corrected chi connectivity index (χ2v) is 8.21. The molecule has 0 spiro atoms. The summed E-state index contributed by atoms with van der Waals surface area (Å²) < 4.78 is 0. The molecule has 112 valence electrons. The van der Waals surface area contributed by atoms with Crippen LogP contribution in [0.25, 0.3) is 0 Å². The van der Waals surface area contributed by atoms with Crippen molar-refractivity contribution >= 4 is 0 Å². The van der Waals surface area contributed by atoms with E-state index in [0.717, 1.165) is 17.8 Å². The van der Waals surface area contributed by atoms with Crippen LogP contribution in [0.1, 0.15) is 59.8 Å². The zero-order valence-corrected chi connectivity index (χ0v) is 13.5. The predicted molar refractivity (Wildman–Crippen MR) is 83.1 cm³/mol. The molecule has 2 nitrogen and oxygen atoms in total. The quantitative estimate of drug-likeness (QED) is 0.847. The highest BCUT2D eigenvalue weighted by molar-refractivity contribution is 4.89. The molecule has 0 amide bonds. The first-order chi connectivity index (χ1) is 8.87. The van der Waals surface area contributed by atoms with Gasteiger partial charge >= 0.3 is 0 Å². The fraction of sp³-hybridized carbons (Fsp3) is 1.00. The summed E-state index contributed by atoms with van der Waals surface area (Å²) in [5, 5.41) is 0. The maximum absolute atomic E-state index is 6.37. The molecule has 19 heavy (non-hydrogen) atoms. The molecule has 2 N–H and O–H groups in total. The van der Waals surface area contributed by atoms with Crippen LogP contribution in [0.3, 0.4) is 0 Å². The third-order valence-corrected chi connectivity index (χ3v) is 5.64. The van der Waals surface area contributed by atoms with E-state index >= 15 is 0 Å². The van der Waals surface area contributed by atoms with Crippen molar-refractivity contribution in [3.05, 3.63) is 0 Å². The molecular formula is C17H34N2. The smallest absolute Gasteiger partial charge is 0.00797 e. The fourth-order valence-corrected chi connectivity index (χ4v) is 4.09. The summed E-state index contributed by atoms with van der Waals surface area (Å²) in [6.45, 7) is 13.4. The first-order valence-electron chi connectivity index (χ1n) is 8.35. The van der Waals surface area contributed by atoms with E-state index in [1.165, 1.54) is 51.7 Å². The molecule has 2 unspecified atom stereocenters. The van der Waals surface area contributed by atoms with Gasteiger partial charge in [-0.15, -0.1) is 0 Å². The van der Waals surface area contributed by atoms with E-state index in [2.05, 4.69) is 32.6 Å². The van der Waals surface area contributed by atoms with Gasteiger partial charge in [0, 0.05) is 12.6 Å². The predicted octanol–water partition coefficient (Wildman–Crippen LogP) is 3.51. The Balaban J connectivity index is 1.81. The molecule has 2 aliphatic rings. The lowest BCUT2D eigenvalue weighted by atomic mass is 9.70. The van der Waals surface area contributed by atoms with Crippen LogP contribution in [0, 0.1) is 23.2 Å². The molecule has 1 aliphatic heterocycles. The maximum Gasteiger partial charge on any atom is 0.00797 e. The normalized spacial score (nSPS) is 33.8. The third-order valence-electron chi connectivity index (χ3n) is 5.64. The number of rotatable bonds is 3. The standard InChI is InChI=1S/C17H34N2/c1-13(2)14-6-9-19(10-7-14)12-15-11-17(3,4)8-5-16(15)18/h13-16H,5-12,18H2,1-4H3. The van der Waals surface area contributed by atoms with Crippen LogP contribution in [-0.4, -0.2) is 30.6 Å². The molecule has 0 aromatic carbocycles. The average Bonchev–Trinajstić information content (AvgIpc) is 2.34. The molecule has 2 heteroatoms. The SMILES string of the molecule is CC(C)C1CCN(CC2CC(C)(C)CCC2N)CC1. The molecule has 1 saturated carbocycles. The van der Waals surface area contributed by atoms with Crippen LogP contribution in [0.5, 0.6) is 0 Å². The van der Waals surface area contributed by atoms with Crippen LogP contribution in [0.15, 0.2) is 0 Å². The lowest BCUT2D eigenvalue weighted by molar-refractivity contribution is 0.0877. The first-order valence-corrected chi connectivity index (χ1v) is 8.35. The van der Waals surface area contributed by atoms with Crippen molar-refractivity contribution in [3.63, 3.8) is 0 Å². The van der Waals surface area contributed by atoms with Gasteiger partial charge < -0.3 is 10.6 Å². The van der Waals surface area contributed by atoms with Gasteiger partial charge in [-0.1, -0.05) is 27.7 Å². The molecule has 2 atom stereocenters. The third kappa shape index (κ3) is 4.19. The number of nitrogens with zero attached hydrogens (tertiary/aromatic N) is 1. The van der Waals surface area contributed by atoms with Gasteiger partial charge in [0.05, 0.1) is 0 Å².